The fourth-order valence-corrected chi connectivity index (χ4v) is 0.840. The fourth-order valence-electron chi connectivity index (χ4n) is 0.840. The molecule has 0 saturated carbocycles. The predicted molar refractivity (Wildman–Crippen MR) is 50.7 cm³/mol. The summed E-state index contributed by atoms with van der Waals surface area (Å²) in [5, 5.41) is 7.50. The molecule has 5 heteroatoms. The Morgan fingerprint density at radius 3 is 3.00 bits per heavy atom. The van der Waals surface area contributed by atoms with Crippen LogP contribution in [-0.2, 0) is 9.53 Å². The van der Waals surface area contributed by atoms with E-state index in [1.54, 1.807) is 17.6 Å². The lowest BCUT2D eigenvalue weighted by molar-refractivity contribution is -0.128. The van der Waals surface area contributed by atoms with Crippen molar-refractivity contribution < 1.29 is 9.53 Å². The lowest BCUT2D eigenvalue weighted by Crippen LogP contribution is -1.82. The highest BCUT2D eigenvalue weighted by atomic mass is 16.5. The summed E-state index contributed by atoms with van der Waals surface area (Å²) in [7, 11) is 0. The van der Waals surface area contributed by atoms with Crippen molar-refractivity contribution in [2.75, 3.05) is 6.61 Å². The average molecular weight is 193 g/mol. The molecule has 74 valence electrons. The van der Waals surface area contributed by atoms with Gasteiger partial charge in [0.05, 0.1) is 18.3 Å². The Morgan fingerprint density at radius 1 is 1.57 bits per heavy atom. The number of aromatic nitrogens is 3. The van der Waals surface area contributed by atoms with Crippen LogP contribution in [0.15, 0.2) is 30.6 Å². The van der Waals surface area contributed by atoms with Gasteiger partial charge in [0.25, 0.3) is 6.47 Å². The van der Waals surface area contributed by atoms with Crippen LogP contribution in [0, 0.1) is 0 Å². The van der Waals surface area contributed by atoms with E-state index in [0.717, 1.165) is 5.52 Å². The van der Waals surface area contributed by atoms with Gasteiger partial charge < -0.3 is 4.74 Å². The molecule has 0 fully saturated rings. The van der Waals surface area contributed by atoms with Gasteiger partial charge in [-0.15, -0.1) is 5.10 Å². The number of hydrogen-bond donors (Lipinski definition) is 0. The minimum Gasteiger partial charge on any atom is -0.468 e. The molecule has 0 N–H and O–H groups in total. The Balaban J connectivity index is 0.000000171. The Labute approximate surface area is 81.3 Å². The molecule has 0 saturated heterocycles. The van der Waals surface area contributed by atoms with E-state index in [4.69, 9.17) is 0 Å². The molecule has 0 atom stereocenters. The van der Waals surface area contributed by atoms with Crippen LogP contribution in [0.5, 0.6) is 0 Å². The minimum atomic E-state index is 0.431. The summed E-state index contributed by atoms with van der Waals surface area (Å²) < 4.78 is 5.88. The molecule has 2 rings (SSSR count). The Kier molecular flexibility index (Phi) is 4.13. The minimum absolute atomic E-state index is 0.431. The third-order valence-electron chi connectivity index (χ3n) is 1.44. The number of carbonyl (C=O) groups excluding carboxylic acids is 1. The second-order valence-corrected chi connectivity index (χ2v) is 2.36. The Hall–Kier alpha value is -1.91. The number of hydrogen-bond acceptors (Lipinski definition) is 4. The lowest BCUT2D eigenvalue weighted by Gasteiger charge is -1.84. The van der Waals surface area contributed by atoms with Crippen LogP contribution in [0.2, 0.25) is 0 Å². The normalized spacial score (nSPS) is 8.93. The number of pyridine rings is 1. The predicted octanol–water partition coefficient (Wildman–Crippen LogP) is 0.909. The maximum Gasteiger partial charge on any atom is 0.293 e. The van der Waals surface area contributed by atoms with E-state index in [1.807, 2.05) is 24.4 Å². The molecule has 0 spiro atoms. The highest BCUT2D eigenvalue weighted by Crippen LogP contribution is 1.95. The van der Waals surface area contributed by atoms with Gasteiger partial charge in [0.1, 0.15) is 0 Å². The highest BCUT2D eigenvalue weighted by molar-refractivity contribution is 5.41. The first-order valence-corrected chi connectivity index (χ1v) is 4.18. The van der Waals surface area contributed by atoms with Gasteiger partial charge in [0.2, 0.25) is 0 Å². The van der Waals surface area contributed by atoms with Crippen LogP contribution >= 0.6 is 0 Å². The maximum absolute atomic E-state index is 9.18. The fraction of sp³-hybridized carbons (Fsp3) is 0.222. The zero-order chi connectivity index (χ0) is 10.2. The first-order valence-electron chi connectivity index (χ1n) is 4.18. The van der Waals surface area contributed by atoms with Crippen LogP contribution in [0.4, 0.5) is 0 Å². The second-order valence-electron chi connectivity index (χ2n) is 2.36. The number of ether oxygens (including phenoxy) is 1. The smallest absolute Gasteiger partial charge is 0.293 e. The third-order valence-corrected chi connectivity index (χ3v) is 1.44. The molecule has 0 aliphatic heterocycles. The first kappa shape index (κ1) is 10.2. The summed E-state index contributed by atoms with van der Waals surface area (Å²) >= 11 is 0. The zero-order valence-corrected chi connectivity index (χ0v) is 7.83. The summed E-state index contributed by atoms with van der Waals surface area (Å²) in [5.41, 5.74) is 1.03. The van der Waals surface area contributed by atoms with Gasteiger partial charge in [0, 0.05) is 6.20 Å². The zero-order valence-electron chi connectivity index (χ0n) is 7.83. The van der Waals surface area contributed by atoms with Crippen LogP contribution in [-0.4, -0.2) is 27.9 Å². The van der Waals surface area contributed by atoms with Gasteiger partial charge in [-0.25, -0.2) is 4.52 Å². The number of nitrogens with zero attached hydrogens (tertiary/aromatic N) is 3. The molecule has 2 aromatic heterocycles. The van der Waals surface area contributed by atoms with Crippen LogP contribution in [0.3, 0.4) is 0 Å². The van der Waals surface area contributed by atoms with E-state index in [0.29, 0.717) is 13.1 Å². The topological polar surface area (TPSA) is 56.5 Å². The van der Waals surface area contributed by atoms with Gasteiger partial charge in [-0.1, -0.05) is 11.3 Å². The molecule has 5 nitrogen and oxygen atoms in total. The van der Waals surface area contributed by atoms with E-state index in [9.17, 15) is 4.79 Å². The molecule has 0 amide bonds. The lowest BCUT2D eigenvalue weighted by atomic mass is 10.4. The summed E-state index contributed by atoms with van der Waals surface area (Å²) in [6.45, 7) is 2.66. The summed E-state index contributed by atoms with van der Waals surface area (Å²) in [6.07, 6.45) is 3.59. The van der Waals surface area contributed by atoms with Crippen molar-refractivity contribution in [1.29, 1.82) is 0 Å². The monoisotopic (exact) mass is 193 g/mol. The van der Waals surface area contributed by atoms with Crippen molar-refractivity contribution in [3.63, 3.8) is 0 Å². The summed E-state index contributed by atoms with van der Waals surface area (Å²) in [4.78, 5) is 9.18. The average Bonchev–Trinajstić information content (AvgIpc) is 2.67. The van der Waals surface area contributed by atoms with E-state index in [-0.39, 0.29) is 0 Å². The van der Waals surface area contributed by atoms with Gasteiger partial charge in [-0.05, 0) is 19.1 Å². The van der Waals surface area contributed by atoms with E-state index < -0.39 is 0 Å². The van der Waals surface area contributed by atoms with Gasteiger partial charge in [0.15, 0.2) is 0 Å². The van der Waals surface area contributed by atoms with Gasteiger partial charge >= 0.3 is 0 Å². The summed E-state index contributed by atoms with van der Waals surface area (Å²) in [6, 6.07) is 5.83. The van der Waals surface area contributed by atoms with E-state index >= 15 is 0 Å². The number of fused-ring (bicyclic) bond motifs is 1. The molecule has 0 aliphatic rings. The SMILES string of the molecule is CCOC=O.c1ccn2nncc2c1. The van der Waals surface area contributed by atoms with Crippen molar-refractivity contribution in [1.82, 2.24) is 14.8 Å². The Morgan fingerprint density at radius 2 is 2.43 bits per heavy atom. The standard InChI is InChI=1S/C6H5N3.C3H6O2/c1-2-4-9-6(3-1)5-7-8-9;1-2-5-3-4/h1-5H;3H,2H2,1H3. The van der Waals surface area contributed by atoms with Crippen LogP contribution in [0.25, 0.3) is 5.52 Å². The van der Waals surface area contributed by atoms with Crippen molar-refractivity contribution >= 4 is 12.0 Å². The second kappa shape index (κ2) is 5.69. The quantitative estimate of drug-likeness (QED) is 0.665. The Bertz CT molecular complexity index is 356. The number of carbonyl (C=O) groups is 1. The van der Waals surface area contributed by atoms with Crippen molar-refractivity contribution in [2.45, 2.75) is 6.92 Å². The van der Waals surface area contributed by atoms with Gasteiger partial charge in [-0.3, -0.25) is 4.79 Å². The molecular weight excluding hydrogens is 182 g/mol. The molecule has 0 unspecified atom stereocenters. The largest absolute Gasteiger partial charge is 0.468 e. The van der Waals surface area contributed by atoms with Crippen LogP contribution < -0.4 is 0 Å². The van der Waals surface area contributed by atoms with E-state index in [2.05, 4.69) is 15.0 Å². The molecule has 0 bridgehead atoms. The van der Waals surface area contributed by atoms with Crippen molar-refractivity contribution in [2.24, 2.45) is 0 Å². The molecule has 0 aliphatic carbocycles. The van der Waals surface area contributed by atoms with E-state index in [1.165, 1.54) is 0 Å². The third kappa shape index (κ3) is 2.85. The molecule has 0 radical (unpaired) electrons. The molecule has 2 heterocycles. The molecular formula is C9H11N3O2. The first-order chi connectivity index (χ1) is 6.88. The van der Waals surface area contributed by atoms with Gasteiger partial charge in [-0.2, -0.15) is 0 Å². The van der Waals surface area contributed by atoms with Crippen LogP contribution in [0.1, 0.15) is 6.92 Å². The maximum atomic E-state index is 9.18. The summed E-state index contributed by atoms with van der Waals surface area (Å²) in [5.74, 6) is 0. The highest BCUT2D eigenvalue weighted by Gasteiger charge is 1.86. The molecule has 0 aromatic carbocycles. The van der Waals surface area contributed by atoms with Crippen molar-refractivity contribution in [3.8, 4) is 0 Å². The molecule has 14 heavy (non-hydrogen) atoms. The number of rotatable bonds is 2. The van der Waals surface area contributed by atoms with Crippen molar-refractivity contribution in [3.05, 3.63) is 30.6 Å². The molecule has 2 aromatic rings.